The Balaban J connectivity index is 1.55. The molecule has 10 heteroatoms. The molecule has 1 aliphatic carbocycles. The van der Waals surface area contributed by atoms with Crippen LogP contribution in [0.2, 0.25) is 5.02 Å². The lowest BCUT2D eigenvalue weighted by molar-refractivity contribution is -0.0598. The fourth-order valence-electron chi connectivity index (χ4n) is 4.45. The highest BCUT2D eigenvalue weighted by atomic mass is 35.5. The van der Waals surface area contributed by atoms with Crippen LogP contribution in [-0.2, 0) is 0 Å². The first-order chi connectivity index (χ1) is 16.1. The Hall–Kier alpha value is -3.43. The Kier molecular flexibility index (Phi) is 5.14. The van der Waals surface area contributed by atoms with Gasteiger partial charge in [-0.3, -0.25) is 4.79 Å². The average Bonchev–Trinajstić information content (AvgIpc) is 3.47. The molecule has 5 rings (SSSR count). The molecule has 3 heterocycles. The summed E-state index contributed by atoms with van der Waals surface area (Å²) < 4.78 is 18.7. The van der Waals surface area contributed by atoms with Gasteiger partial charge in [0, 0.05) is 16.8 Å². The SMILES string of the molecule is C[C@@]1(O)CC[C@@H](Nc2c(C(N)=O)cnn3cc(-n4ccc(-c5ccc(Cl)cc5)n4)cc23)[C@@]1(C)F. The van der Waals surface area contributed by atoms with Crippen molar-refractivity contribution in [3.8, 4) is 16.9 Å². The highest BCUT2D eigenvalue weighted by molar-refractivity contribution is 6.30. The number of nitrogens with one attached hydrogen (secondary N) is 1. The molecule has 176 valence electrons. The third kappa shape index (κ3) is 3.61. The summed E-state index contributed by atoms with van der Waals surface area (Å²) in [6.07, 6.45) is 5.60. The molecule has 0 radical (unpaired) electrons. The number of rotatable bonds is 5. The predicted molar refractivity (Wildman–Crippen MR) is 128 cm³/mol. The molecule has 0 aliphatic heterocycles. The largest absolute Gasteiger partial charge is 0.387 e. The van der Waals surface area contributed by atoms with Crippen molar-refractivity contribution in [3.05, 3.63) is 65.6 Å². The number of fused-ring (bicyclic) bond motifs is 1. The monoisotopic (exact) mass is 482 g/mol. The van der Waals surface area contributed by atoms with Crippen LogP contribution < -0.4 is 11.1 Å². The number of benzene rings is 1. The number of amides is 1. The van der Waals surface area contributed by atoms with Crippen molar-refractivity contribution < 1.29 is 14.3 Å². The number of carbonyl (C=O) groups excluding carboxylic acids is 1. The highest BCUT2D eigenvalue weighted by Gasteiger charge is 2.55. The van der Waals surface area contributed by atoms with Gasteiger partial charge >= 0.3 is 0 Å². The van der Waals surface area contributed by atoms with Crippen molar-refractivity contribution in [1.29, 1.82) is 0 Å². The van der Waals surface area contributed by atoms with Gasteiger partial charge in [0.1, 0.15) is 0 Å². The summed E-state index contributed by atoms with van der Waals surface area (Å²) in [4.78, 5) is 12.2. The number of hydrogen-bond donors (Lipinski definition) is 3. The molecule has 0 unspecified atom stereocenters. The van der Waals surface area contributed by atoms with E-state index in [0.29, 0.717) is 28.3 Å². The van der Waals surface area contributed by atoms with Gasteiger partial charge in [-0.2, -0.15) is 10.2 Å². The van der Waals surface area contributed by atoms with Gasteiger partial charge in [-0.15, -0.1) is 0 Å². The highest BCUT2D eigenvalue weighted by Crippen LogP contribution is 2.44. The molecular weight excluding hydrogens is 459 g/mol. The van der Waals surface area contributed by atoms with E-state index >= 15 is 4.39 Å². The van der Waals surface area contributed by atoms with Crippen LogP contribution in [0.15, 0.2) is 55.0 Å². The number of carbonyl (C=O) groups is 1. The first-order valence-corrected chi connectivity index (χ1v) is 11.3. The van der Waals surface area contributed by atoms with Crippen molar-refractivity contribution in [2.75, 3.05) is 5.32 Å². The number of halogens is 2. The molecule has 4 N–H and O–H groups in total. The van der Waals surface area contributed by atoms with E-state index < -0.39 is 23.2 Å². The third-order valence-electron chi connectivity index (χ3n) is 6.83. The lowest BCUT2D eigenvalue weighted by Crippen LogP contribution is -2.50. The number of anilines is 1. The molecule has 0 saturated heterocycles. The molecule has 1 amide bonds. The molecule has 1 fully saturated rings. The van der Waals surface area contributed by atoms with E-state index in [1.807, 2.05) is 24.4 Å². The van der Waals surface area contributed by atoms with Crippen molar-refractivity contribution in [2.24, 2.45) is 5.73 Å². The van der Waals surface area contributed by atoms with Gasteiger partial charge in [0.05, 0.1) is 52.2 Å². The van der Waals surface area contributed by atoms with E-state index in [9.17, 15) is 9.90 Å². The fourth-order valence-corrected chi connectivity index (χ4v) is 4.57. The van der Waals surface area contributed by atoms with Crippen LogP contribution >= 0.6 is 11.6 Å². The first kappa shape index (κ1) is 22.4. The van der Waals surface area contributed by atoms with Gasteiger partial charge < -0.3 is 16.2 Å². The zero-order valence-electron chi connectivity index (χ0n) is 18.7. The van der Waals surface area contributed by atoms with Crippen molar-refractivity contribution in [2.45, 2.75) is 44.0 Å². The number of nitrogens with two attached hydrogens (primary N) is 1. The molecule has 0 spiro atoms. The molecule has 0 bridgehead atoms. The quantitative estimate of drug-likeness (QED) is 0.398. The number of hydrogen-bond acceptors (Lipinski definition) is 5. The average molecular weight is 483 g/mol. The zero-order chi connectivity index (χ0) is 24.3. The van der Waals surface area contributed by atoms with Gasteiger partial charge in [0.2, 0.25) is 0 Å². The van der Waals surface area contributed by atoms with Crippen molar-refractivity contribution >= 4 is 28.7 Å². The normalized spacial score (nSPS) is 24.6. The minimum atomic E-state index is -1.91. The molecule has 8 nitrogen and oxygen atoms in total. The number of alkyl halides is 1. The minimum Gasteiger partial charge on any atom is -0.387 e. The topological polar surface area (TPSA) is 110 Å². The van der Waals surface area contributed by atoms with E-state index in [0.717, 1.165) is 11.3 Å². The number of aromatic nitrogens is 4. The second-order valence-electron chi connectivity index (χ2n) is 9.06. The summed E-state index contributed by atoms with van der Waals surface area (Å²) in [7, 11) is 0. The third-order valence-corrected chi connectivity index (χ3v) is 7.08. The molecule has 3 aromatic heterocycles. The number of primary amides is 1. The Morgan fingerprint density at radius 3 is 2.68 bits per heavy atom. The van der Waals surface area contributed by atoms with Gasteiger partial charge in [0.25, 0.3) is 5.91 Å². The minimum absolute atomic E-state index is 0.141. The molecule has 1 aliphatic rings. The first-order valence-electron chi connectivity index (χ1n) is 10.9. The standard InChI is InChI=1S/C24H24ClFN6O2/c1-23(34)9-7-20(24(23,2)26)29-21-17(22(27)33)12-28-32-13-16(11-19(21)32)31-10-8-18(30-31)14-3-5-15(25)6-4-14/h3-6,8,10-13,20,29,34H,7,9H2,1-2H3,(H2,27,33)/t20-,23-,24-/m1/s1. The van der Waals surface area contributed by atoms with E-state index in [1.54, 1.807) is 33.6 Å². The van der Waals surface area contributed by atoms with E-state index in [4.69, 9.17) is 17.3 Å². The fraction of sp³-hybridized carbons (Fsp3) is 0.292. The summed E-state index contributed by atoms with van der Waals surface area (Å²) in [6, 6.07) is 10.3. The second-order valence-corrected chi connectivity index (χ2v) is 9.50. The Bertz CT molecular complexity index is 1390. The van der Waals surface area contributed by atoms with Crippen LogP contribution in [0.4, 0.5) is 10.1 Å². The summed E-state index contributed by atoms with van der Waals surface area (Å²) in [6.45, 7) is 2.85. The zero-order valence-corrected chi connectivity index (χ0v) is 19.4. The van der Waals surface area contributed by atoms with Gasteiger partial charge in [-0.05, 0) is 51.0 Å². The Labute approximate surface area is 200 Å². The lowest BCUT2D eigenvalue weighted by Gasteiger charge is -2.34. The van der Waals surface area contributed by atoms with Gasteiger partial charge in [0.15, 0.2) is 5.67 Å². The molecule has 34 heavy (non-hydrogen) atoms. The maximum atomic E-state index is 15.5. The lowest BCUT2D eigenvalue weighted by atomic mass is 9.89. The molecule has 1 saturated carbocycles. The molecule has 1 aromatic carbocycles. The Morgan fingerprint density at radius 1 is 1.29 bits per heavy atom. The van der Waals surface area contributed by atoms with Crippen molar-refractivity contribution in [1.82, 2.24) is 19.4 Å². The van der Waals surface area contributed by atoms with Crippen LogP contribution in [0.5, 0.6) is 0 Å². The Morgan fingerprint density at radius 2 is 2.03 bits per heavy atom. The van der Waals surface area contributed by atoms with Gasteiger partial charge in [-0.1, -0.05) is 23.7 Å². The summed E-state index contributed by atoms with van der Waals surface area (Å²) in [5, 5.41) is 23.2. The maximum absolute atomic E-state index is 15.5. The summed E-state index contributed by atoms with van der Waals surface area (Å²) in [5.41, 5.74) is 5.62. The van der Waals surface area contributed by atoms with Crippen LogP contribution in [0, 0.1) is 0 Å². The molecule has 4 aromatic rings. The molecule has 3 atom stereocenters. The summed E-state index contributed by atoms with van der Waals surface area (Å²) >= 11 is 5.98. The maximum Gasteiger partial charge on any atom is 0.252 e. The number of nitrogens with zero attached hydrogens (tertiary/aromatic N) is 4. The predicted octanol–water partition coefficient (Wildman–Crippen LogP) is 3.99. The van der Waals surface area contributed by atoms with Crippen LogP contribution in [0.1, 0.15) is 37.0 Å². The van der Waals surface area contributed by atoms with Gasteiger partial charge in [-0.25, -0.2) is 13.6 Å². The van der Waals surface area contributed by atoms with E-state index in [-0.39, 0.29) is 12.0 Å². The molecular formula is C24H24ClFN6O2. The summed E-state index contributed by atoms with van der Waals surface area (Å²) in [5.74, 6) is -0.685. The van der Waals surface area contributed by atoms with Crippen LogP contribution in [-0.4, -0.2) is 47.7 Å². The van der Waals surface area contributed by atoms with E-state index in [2.05, 4.69) is 15.5 Å². The number of aliphatic hydroxyl groups is 1. The second kappa shape index (κ2) is 7.82. The van der Waals surface area contributed by atoms with Crippen molar-refractivity contribution in [3.63, 3.8) is 0 Å². The van der Waals surface area contributed by atoms with E-state index in [1.165, 1.54) is 20.0 Å². The van der Waals surface area contributed by atoms with Crippen LogP contribution in [0.25, 0.3) is 22.5 Å². The van der Waals surface area contributed by atoms with Crippen LogP contribution in [0.3, 0.4) is 0 Å². The smallest absolute Gasteiger partial charge is 0.252 e.